The predicted molar refractivity (Wildman–Crippen MR) is 91.6 cm³/mol. The zero-order valence-corrected chi connectivity index (χ0v) is 14.0. The number of rotatable bonds is 4. The Morgan fingerprint density at radius 1 is 1.25 bits per heavy atom. The van der Waals surface area contributed by atoms with E-state index in [-0.39, 0.29) is 17.8 Å². The van der Waals surface area contributed by atoms with Crippen LogP contribution in [0.5, 0.6) is 0 Å². The van der Waals surface area contributed by atoms with E-state index < -0.39 is 0 Å². The molecule has 1 amide bonds. The van der Waals surface area contributed by atoms with Crippen molar-refractivity contribution < 1.29 is 13.9 Å². The summed E-state index contributed by atoms with van der Waals surface area (Å²) in [6, 6.07) is 13.2. The van der Waals surface area contributed by atoms with Crippen molar-refractivity contribution in [3.63, 3.8) is 0 Å². The molecular weight excluding hydrogens is 329 g/mol. The maximum absolute atomic E-state index is 13.0. The van der Waals surface area contributed by atoms with E-state index in [9.17, 15) is 9.18 Å². The molecule has 0 N–H and O–H groups in total. The van der Waals surface area contributed by atoms with Gasteiger partial charge in [-0.3, -0.25) is 4.79 Å². The van der Waals surface area contributed by atoms with Crippen LogP contribution in [0.2, 0.25) is 5.02 Å². The van der Waals surface area contributed by atoms with Gasteiger partial charge in [0, 0.05) is 23.7 Å². The first kappa shape index (κ1) is 16.9. The van der Waals surface area contributed by atoms with Crippen LogP contribution in [0, 0.1) is 5.82 Å². The number of piperidine rings is 1. The van der Waals surface area contributed by atoms with Gasteiger partial charge in [-0.2, -0.15) is 0 Å². The third-order valence-electron chi connectivity index (χ3n) is 4.13. The number of ether oxygens (including phenoxy) is 1. The Morgan fingerprint density at radius 3 is 2.79 bits per heavy atom. The highest BCUT2D eigenvalue weighted by atomic mass is 35.5. The second-order valence-corrected chi connectivity index (χ2v) is 6.40. The van der Waals surface area contributed by atoms with Gasteiger partial charge in [0.1, 0.15) is 5.82 Å². The van der Waals surface area contributed by atoms with Crippen molar-refractivity contribution in [3.8, 4) is 0 Å². The molecule has 3 nitrogen and oxygen atoms in total. The highest BCUT2D eigenvalue weighted by Gasteiger charge is 2.25. The smallest absolute Gasteiger partial charge is 0.253 e. The number of halogens is 2. The quantitative estimate of drug-likeness (QED) is 0.825. The Morgan fingerprint density at radius 2 is 2.04 bits per heavy atom. The highest BCUT2D eigenvalue weighted by molar-refractivity contribution is 6.30. The van der Waals surface area contributed by atoms with Crippen LogP contribution in [0.4, 0.5) is 4.39 Å². The molecule has 0 bridgehead atoms. The van der Waals surface area contributed by atoms with Crippen molar-refractivity contribution in [2.45, 2.75) is 25.6 Å². The lowest BCUT2D eigenvalue weighted by Crippen LogP contribution is -2.43. The van der Waals surface area contributed by atoms with Gasteiger partial charge in [-0.25, -0.2) is 4.39 Å². The molecule has 1 heterocycles. The number of benzene rings is 2. The summed E-state index contributed by atoms with van der Waals surface area (Å²) in [6.07, 6.45) is 1.82. The molecule has 1 atom stereocenters. The molecule has 1 aliphatic heterocycles. The summed E-state index contributed by atoms with van der Waals surface area (Å²) < 4.78 is 18.9. The summed E-state index contributed by atoms with van der Waals surface area (Å²) in [5, 5.41) is 0.688. The Kier molecular flexibility index (Phi) is 5.48. The third-order valence-corrected chi connectivity index (χ3v) is 4.37. The molecule has 0 aliphatic carbocycles. The van der Waals surface area contributed by atoms with Crippen LogP contribution in [0.25, 0.3) is 0 Å². The second kappa shape index (κ2) is 7.77. The van der Waals surface area contributed by atoms with Gasteiger partial charge in [-0.1, -0.05) is 23.7 Å². The van der Waals surface area contributed by atoms with Crippen LogP contribution in [0.1, 0.15) is 28.8 Å². The number of carbonyl (C=O) groups excluding carboxylic acids is 1. The van der Waals surface area contributed by atoms with Crippen LogP contribution in [0.15, 0.2) is 48.5 Å². The second-order valence-electron chi connectivity index (χ2n) is 5.96. The lowest BCUT2D eigenvalue weighted by atomic mass is 10.1. The fourth-order valence-electron chi connectivity index (χ4n) is 2.87. The van der Waals surface area contributed by atoms with E-state index in [2.05, 4.69) is 0 Å². The van der Waals surface area contributed by atoms with E-state index in [1.54, 1.807) is 4.90 Å². The van der Waals surface area contributed by atoms with Crippen LogP contribution >= 0.6 is 11.6 Å². The fourth-order valence-corrected chi connectivity index (χ4v) is 3.09. The van der Waals surface area contributed by atoms with Crippen molar-refractivity contribution in [2.24, 2.45) is 0 Å². The molecular formula is C19H19ClFNO2. The molecule has 126 valence electrons. The molecule has 0 saturated carbocycles. The minimum atomic E-state index is -0.340. The van der Waals surface area contributed by atoms with E-state index in [0.717, 1.165) is 18.4 Å². The van der Waals surface area contributed by atoms with Crippen molar-refractivity contribution in [1.29, 1.82) is 0 Å². The van der Waals surface area contributed by atoms with Crippen LogP contribution < -0.4 is 0 Å². The molecule has 0 spiro atoms. The standard InChI is InChI=1S/C19H19ClFNO2/c20-16-4-1-3-14(11-16)13-24-18-5-2-10-22(12-18)19(23)15-6-8-17(21)9-7-15/h1,3-4,6-9,11,18H,2,5,10,12-13H2. The van der Waals surface area contributed by atoms with Crippen molar-refractivity contribution in [2.75, 3.05) is 13.1 Å². The van der Waals surface area contributed by atoms with Crippen LogP contribution in [0.3, 0.4) is 0 Å². The normalized spacial score (nSPS) is 17.8. The summed E-state index contributed by atoms with van der Waals surface area (Å²) in [5.74, 6) is -0.418. The van der Waals surface area contributed by atoms with Gasteiger partial charge in [0.25, 0.3) is 5.91 Å². The van der Waals surface area contributed by atoms with E-state index in [0.29, 0.717) is 30.3 Å². The van der Waals surface area contributed by atoms with Gasteiger partial charge in [0.15, 0.2) is 0 Å². The number of hydrogen-bond donors (Lipinski definition) is 0. The first-order valence-corrected chi connectivity index (χ1v) is 8.40. The average Bonchev–Trinajstić information content (AvgIpc) is 2.60. The minimum Gasteiger partial charge on any atom is -0.372 e. The summed E-state index contributed by atoms with van der Waals surface area (Å²) >= 11 is 5.97. The average molecular weight is 348 g/mol. The Bertz CT molecular complexity index is 705. The molecule has 5 heteroatoms. The number of carbonyl (C=O) groups is 1. The zero-order valence-electron chi connectivity index (χ0n) is 13.3. The molecule has 3 rings (SSSR count). The topological polar surface area (TPSA) is 29.5 Å². The van der Waals surface area contributed by atoms with Crippen molar-refractivity contribution >= 4 is 17.5 Å². The van der Waals surface area contributed by atoms with Crippen molar-refractivity contribution in [3.05, 3.63) is 70.5 Å². The lowest BCUT2D eigenvalue weighted by Gasteiger charge is -2.32. The number of likely N-dealkylation sites (tertiary alicyclic amines) is 1. The SMILES string of the molecule is O=C(c1ccc(F)cc1)N1CCCC(OCc2cccc(Cl)c2)C1. The molecule has 1 fully saturated rings. The molecule has 1 aliphatic rings. The summed E-state index contributed by atoms with van der Waals surface area (Å²) in [7, 11) is 0. The van der Waals surface area contributed by atoms with E-state index in [1.165, 1.54) is 24.3 Å². The van der Waals surface area contributed by atoms with Gasteiger partial charge >= 0.3 is 0 Å². The maximum atomic E-state index is 13.0. The molecule has 0 aromatic heterocycles. The Balaban J connectivity index is 1.57. The van der Waals surface area contributed by atoms with Gasteiger partial charge in [0.2, 0.25) is 0 Å². The third kappa shape index (κ3) is 4.34. The van der Waals surface area contributed by atoms with Crippen LogP contribution in [-0.2, 0) is 11.3 Å². The zero-order chi connectivity index (χ0) is 16.9. The van der Waals surface area contributed by atoms with Gasteiger partial charge < -0.3 is 9.64 Å². The molecule has 1 unspecified atom stereocenters. The summed E-state index contributed by atoms with van der Waals surface area (Å²) in [4.78, 5) is 14.3. The molecule has 2 aromatic carbocycles. The van der Waals surface area contributed by atoms with E-state index >= 15 is 0 Å². The first-order valence-electron chi connectivity index (χ1n) is 8.03. The molecule has 24 heavy (non-hydrogen) atoms. The van der Waals surface area contributed by atoms with Gasteiger partial charge in [-0.05, 0) is 54.8 Å². The monoisotopic (exact) mass is 347 g/mol. The van der Waals surface area contributed by atoms with Crippen LogP contribution in [-0.4, -0.2) is 30.0 Å². The maximum Gasteiger partial charge on any atom is 0.253 e. The summed E-state index contributed by atoms with van der Waals surface area (Å²) in [5.41, 5.74) is 1.52. The van der Waals surface area contributed by atoms with Gasteiger partial charge in [-0.15, -0.1) is 0 Å². The lowest BCUT2D eigenvalue weighted by molar-refractivity contribution is -0.00672. The number of hydrogen-bond acceptors (Lipinski definition) is 2. The minimum absolute atomic E-state index is 0.00197. The number of amides is 1. The number of nitrogens with zero attached hydrogens (tertiary/aromatic N) is 1. The van der Waals surface area contributed by atoms with Gasteiger partial charge in [0.05, 0.1) is 12.7 Å². The van der Waals surface area contributed by atoms with E-state index in [1.807, 2.05) is 24.3 Å². The molecule has 1 saturated heterocycles. The fraction of sp³-hybridized carbons (Fsp3) is 0.316. The Hall–Kier alpha value is -1.91. The predicted octanol–water partition coefficient (Wildman–Crippen LogP) is 4.30. The molecule has 0 radical (unpaired) electrons. The van der Waals surface area contributed by atoms with Crippen molar-refractivity contribution in [1.82, 2.24) is 4.90 Å². The largest absolute Gasteiger partial charge is 0.372 e. The summed E-state index contributed by atoms with van der Waals surface area (Å²) in [6.45, 7) is 1.73. The molecule has 2 aromatic rings. The van der Waals surface area contributed by atoms with E-state index in [4.69, 9.17) is 16.3 Å². The first-order chi connectivity index (χ1) is 11.6. The highest BCUT2D eigenvalue weighted by Crippen LogP contribution is 2.19. The Labute approximate surface area is 146 Å².